The van der Waals surface area contributed by atoms with Gasteiger partial charge in [-0.3, -0.25) is 0 Å². The molecule has 0 spiro atoms. The van der Waals surface area contributed by atoms with Crippen LogP contribution in [-0.2, 0) is 0 Å². The molecule has 0 aromatic rings. The first-order chi connectivity index (χ1) is 5.07. The standard InChI is InChI=1S/C9H17NS/c1-7(2)5-10-9(4)8(3)6-11/h8,10-11H,1,4-6H2,2-3H3. The van der Waals surface area contributed by atoms with E-state index in [1.807, 2.05) is 6.92 Å². The lowest BCUT2D eigenvalue weighted by molar-refractivity contribution is 0.688. The summed E-state index contributed by atoms with van der Waals surface area (Å²) in [7, 11) is 0. The zero-order chi connectivity index (χ0) is 8.85. The van der Waals surface area contributed by atoms with Crippen LogP contribution in [0.1, 0.15) is 13.8 Å². The van der Waals surface area contributed by atoms with Crippen LogP contribution < -0.4 is 5.32 Å². The van der Waals surface area contributed by atoms with Gasteiger partial charge >= 0.3 is 0 Å². The number of allylic oxidation sites excluding steroid dienone is 1. The number of thiol groups is 1. The summed E-state index contributed by atoms with van der Waals surface area (Å²) in [5, 5.41) is 3.19. The Kier molecular flexibility index (Phi) is 5.12. The molecule has 0 saturated heterocycles. The predicted molar refractivity (Wildman–Crippen MR) is 55.0 cm³/mol. The SMILES string of the molecule is C=C(C)CNC(=C)C(C)CS. The topological polar surface area (TPSA) is 12.0 Å². The highest BCUT2D eigenvalue weighted by Crippen LogP contribution is 2.06. The van der Waals surface area contributed by atoms with Crippen LogP contribution in [0.15, 0.2) is 24.4 Å². The number of rotatable bonds is 5. The van der Waals surface area contributed by atoms with Crippen molar-refractivity contribution in [1.29, 1.82) is 0 Å². The van der Waals surface area contributed by atoms with Crippen molar-refractivity contribution in [3.63, 3.8) is 0 Å². The molecule has 0 saturated carbocycles. The maximum atomic E-state index is 4.18. The molecule has 1 nitrogen and oxygen atoms in total. The molecule has 1 unspecified atom stereocenters. The van der Waals surface area contributed by atoms with Crippen LogP contribution in [0.2, 0.25) is 0 Å². The average Bonchev–Trinajstić information content (AvgIpc) is 1.98. The van der Waals surface area contributed by atoms with Crippen molar-refractivity contribution >= 4 is 12.6 Å². The number of hydrogen-bond acceptors (Lipinski definition) is 2. The van der Waals surface area contributed by atoms with E-state index < -0.39 is 0 Å². The van der Waals surface area contributed by atoms with Crippen molar-refractivity contribution in [2.45, 2.75) is 13.8 Å². The van der Waals surface area contributed by atoms with E-state index in [0.29, 0.717) is 5.92 Å². The van der Waals surface area contributed by atoms with E-state index in [-0.39, 0.29) is 0 Å². The first-order valence-electron chi connectivity index (χ1n) is 3.75. The second-order valence-corrected chi connectivity index (χ2v) is 3.28. The molecule has 0 aromatic carbocycles. The predicted octanol–water partition coefficient (Wildman–Crippen LogP) is 2.23. The van der Waals surface area contributed by atoms with Crippen LogP contribution in [0.5, 0.6) is 0 Å². The van der Waals surface area contributed by atoms with Gasteiger partial charge in [-0.15, -0.1) is 0 Å². The van der Waals surface area contributed by atoms with E-state index in [9.17, 15) is 0 Å². The van der Waals surface area contributed by atoms with Crippen molar-refractivity contribution in [3.05, 3.63) is 24.4 Å². The lowest BCUT2D eigenvalue weighted by Gasteiger charge is -2.14. The fraction of sp³-hybridized carbons (Fsp3) is 0.556. The van der Waals surface area contributed by atoms with E-state index in [0.717, 1.165) is 23.6 Å². The molecule has 0 aromatic heterocycles. The van der Waals surface area contributed by atoms with Crippen molar-refractivity contribution in [2.24, 2.45) is 5.92 Å². The van der Waals surface area contributed by atoms with Crippen LogP contribution in [0.3, 0.4) is 0 Å². The van der Waals surface area contributed by atoms with E-state index in [1.165, 1.54) is 0 Å². The van der Waals surface area contributed by atoms with Crippen LogP contribution in [-0.4, -0.2) is 12.3 Å². The Balaban J connectivity index is 3.60. The van der Waals surface area contributed by atoms with Crippen molar-refractivity contribution in [3.8, 4) is 0 Å². The first-order valence-corrected chi connectivity index (χ1v) is 4.39. The molecule has 2 heteroatoms. The van der Waals surface area contributed by atoms with Gasteiger partial charge in [0, 0.05) is 18.2 Å². The van der Waals surface area contributed by atoms with Crippen LogP contribution in [0.25, 0.3) is 0 Å². The fourth-order valence-electron chi connectivity index (χ4n) is 0.549. The summed E-state index contributed by atoms with van der Waals surface area (Å²) in [6.45, 7) is 12.6. The summed E-state index contributed by atoms with van der Waals surface area (Å²) in [5.41, 5.74) is 2.17. The van der Waals surface area contributed by atoms with Gasteiger partial charge in [0.1, 0.15) is 0 Å². The van der Waals surface area contributed by atoms with E-state index in [4.69, 9.17) is 0 Å². The normalized spacial score (nSPS) is 12.3. The molecule has 0 aliphatic heterocycles. The zero-order valence-corrected chi connectivity index (χ0v) is 8.25. The van der Waals surface area contributed by atoms with E-state index >= 15 is 0 Å². The van der Waals surface area contributed by atoms with Crippen LogP contribution in [0, 0.1) is 5.92 Å². The van der Waals surface area contributed by atoms with E-state index in [1.54, 1.807) is 0 Å². The minimum atomic E-state index is 0.428. The fourth-order valence-corrected chi connectivity index (χ4v) is 0.769. The molecule has 0 radical (unpaired) electrons. The summed E-state index contributed by atoms with van der Waals surface area (Å²) in [6.07, 6.45) is 0. The minimum Gasteiger partial charge on any atom is -0.385 e. The van der Waals surface area contributed by atoms with Gasteiger partial charge in [-0.2, -0.15) is 12.6 Å². The lowest BCUT2D eigenvalue weighted by atomic mass is 10.1. The van der Waals surface area contributed by atoms with Crippen LogP contribution >= 0.6 is 12.6 Å². The van der Waals surface area contributed by atoms with E-state index in [2.05, 4.69) is 38.0 Å². The highest BCUT2D eigenvalue weighted by atomic mass is 32.1. The van der Waals surface area contributed by atoms with Crippen molar-refractivity contribution < 1.29 is 0 Å². The summed E-state index contributed by atoms with van der Waals surface area (Å²) < 4.78 is 0. The van der Waals surface area contributed by atoms with Gasteiger partial charge in [0.2, 0.25) is 0 Å². The largest absolute Gasteiger partial charge is 0.385 e. The summed E-state index contributed by atoms with van der Waals surface area (Å²) in [4.78, 5) is 0. The highest BCUT2D eigenvalue weighted by molar-refractivity contribution is 7.80. The third-order valence-electron chi connectivity index (χ3n) is 1.49. The second-order valence-electron chi connectivity index (χ2n) is 2.92. The molecule has 0 bridgehead atoms. The molecule has 0 fully saturated rings. The Labute approximate surface area is 75.0 Å². The summed E-state index contributed by atoms with van der Waals surface area (Å²) in [6, 6.07) is 0. The van der Waals surface area contributed by atoms with Crippen LogP contribution in [0.4, 0.5) is 0 Å². The van der Waals surface area contributed by atoms with Gasteiger partial charge in [0.05, 0.1) is 0 Å². The average molecular weight is 171 g/mol. The van der Waals surface area contributed by atoms with Gasteiger partial charge in [-0.05, 0) is 12.7 Å². The van der Waals surface area contributed by atoms with Gasteiger partial charge in [-0.1, -0.05) is 25.7 Å². The molecule has 64 valence electrons. The Morgan fingerprint density at radius 3 is 2.45 bits per heavy atom. The molecule has 0 aliphatic carbocycles. The third kappa shape index (κ3) is 4.96. The molecule has 1 N–H and O–H groups in total. The smallest absolute Gasteiger partial charge is 0.0351 e. The molecular formula is C9H17NS. The third-order valence-corrected chi connectivity index (χ3v) is 2.03. The van der Waals surface area contributed by atoms with Gasteiger partial charge < -0.3 is 5.32 Å². The van der Waals surface area contributed by atoms with Crippen molar-refractivity contribution in [2.75, 3.05) is 12.3 Å². The molecular weight excluding hydrogens is 154 g/mol. The van der Waals surface area contributed by atoms with Crippen molar-refractivity contribution in [1.82, 2.24) is 5.32 Å². The molecule has 0 aliphatic rings. The molecule has 0 heterocycles. The minimum absolute atomic E-state index is 0.428. The maximum Gasteiger partial charge on any atom is 0.0351 e. The Hall–Kier alpha value is -0.370. The molecule has 1 atom stereocenters. The highest BCUT2D eigenvalue weighted by Gasteiger charge is 2.02. The quantitative estimate of drug-likeness (QED) is 0.477. The summed E-state index contributed by atoms with van der Waals surface area (Å²) in [5.74, 6) is 1.26. The second kappa shape index (κ2) is 5.30. The maximum absolute atomic E-state index is 4.18. The van der Waals surface area contributed by atoms with Gasteiger partial charge in [0.25, 0.3) is 0 Å². The monoisotopic (exact) mass is 171 g/mol. The summed E-state index contributed by atoms with van der Waals surface area (Å²) >= 11 is 4.18. The van der Waals surface area contributed by atoms with Gasteiger partial charge in [-0.25, -0.2) is 0 Å². The Morgan fingerprint density at radius 2 is 2.09 bits per heavy atom. The number of nitrogens with one attached hydrogen (secondary N) is 1. The number of hydrogen-bond donors (Lipinski definition) is 2. The van der Waals surface area contributed by atoms with Gasteiger partial charge in [0.15, 0.2) is 0 Å². The molecule has 0 rings (SSSR count). The first kappa shape index (κ1) is 10.6. The zero-order valence-electron chi connectivity index (χ0n) is 7.35. The molecule has 0 amide bonds. The lowest BCUT2D eigenvalue weighted by Crippen LogP contribution is -2.20. The Bertz CT molecular complexity index is 152. The Morgan fingerprint density at radius 1 is 1.55 bits per heavy atom. The molecule has 11 heavy (non-hydrogen) atoms.